The highest BCUT2D eigenvalue weighted by Gasteiger charge is 2.63. The molecule has 4 aliphatic carbocycles. The van der Waals surface area contributed by atoms with E-state index < -0.39 is 5.97 Å². The fourth-order valence-electron chi connectivity index (χ4n) is 8.35. The number of carboxylic acids is 1. The Morgan fingerprint density at radius 2 is 1.82 bits per heavy atom. The number of hydrogen-bond donors (Lipinski definition) is 1. The Labute approximate surface area is 170 Å². The summed E-state index contributed by atoms with van der Waals surface area (Å²) in [6.45, 7) is 7.02. The molecule has 0 aliphatic heterocycles. The van der Waals surface area contributed by atoms with Gasteiger partial charge in [-0.25, -0.2) is 0 Å². The molecule has 7 unspecified atom stereocenters. The summed E-state index contributed by atoms with van der Waals surface area (Å²) in [7, 11) is 0. The van der Waals surface area contributed by atoms with Gasteiger partial charge in [-0.15, -0.1) is 0 Å². The lowest BCUT2D eigenvalue weighted by molar-refractivity contribution is -0.145. The second kappa shape index (κ2) is 7.29. The van der Waals surface area contributed by atoms with Crippen molar-refractivity contribution in [2.45, 2.75) is 91.4 Å². The summed E-state index contributed by atoms with van der Waals surface area (Å²) >= 11 is 0. The molecule has 156 valence electrons. The predicted molar refractivity (Wildman–Crippen MR) is 111 cm³/mol. The lowest BCUT2D eigenvalue weighted by atomic mass is 9.43. The van der Waals surface area contributed by atoms with Crippen molar-refractivity contribution in [2.24, 2.45) is 40.4 Å². The molecule has 4 fully saturated rings. The second-order valence-electron chi connectivity index (χ2n) is 10.8. The minimum Gasteiger partial charge on any atom is -0.481 e. The topological polar surface area (TPSA) is 54.4 Å². The molecule has 3 nitrogen and oxygen atoms in total. The lowest BCUT2D eigenvalue weighted by Gasteiger charge is -2.60. The highest BCUT2D eigenvalue weighted by atomic mass is 16.4. The molecule has 0 bridgehead atoms. The Morgan fingerprint density at radius 3 is 2.54 bits per heavy atom. The summed E-state index contributed by atoms with van der Waals surface area (Å²) in [5, 5.41) is 9.02. The number of fused-ring (bicyclic) bond motifs is 5. The first kappa shape index (κ1) is 20.2. The van der Waals surface area contributed by atoms with Crippen molar-refractivity contribution < 1.29 is 14.7 Å². The van der Waals surface area contributed by atoms with Crippen LogP contribution in [0.15, 0.2) is 11.6 Å². The fourth-order valence-corrected chi connectivity index (χ4v) is 8.35. The standard InChI is InChI=1S/C25H38O3/c1-4-17-18-9-5-6-14-25(18,3)20-13-15-24(2)16(8-7-10-21(26)27)11-12-19(24)22(20)23(17)28/h4,16,18-20,22H,5-15H2,1-3H3,(H,26,27)/b17-4-. The van der Waals surface area contributed by atoms with E-state index in [1.54, 1.807) is 0 Å². The van der Waals surface area contributed by atoms with Crippen LogP contribution in [0.3, 0.4) is 0 Å². The van der Waals surface area contributed by atoms with E-state index in [1.165, 1.54) is 51.4 Å². The quantitative estimate of drug-likeness (QED) is 0.601. The first-order chi connectivity index (χ1) is 13.3. The molecule has 4 saturated carbocycles. The first-order valence-electron chi connectivity index (χ1n) is 11.7. The van der Waals surface area contributed by atoms with E-state index in [-0.39, 0.29) is 17.8 Å². The van der Waals surface area contributed by atoms with Gasteiger partial charge >= 0.3 is 5.97 Å². The third-order valence-corrected chi connectivity index (χ3v) is 9.79. The molecule has 0 spiro atoms. The minimum absolute atomic E-state index is 0.216. The van der Waals surface area contributed by atoms with E-state index in [0.717, 1.165) is 18.4 Å². The van der Waals surface area contributed by atoms with Crippen molar-refractivity contribution in [1.29, 1.82) is 0 Å². The van der Waals surface area contributed by atoms with Crippen LogP contribution in [0.1, 0.15) is 91.4 Å². The van der Waals surface area contributed by atoms with Crippen molar-refractivity contribution in [3.63, 3.8) is 0 Å². The first-order valence-corrected chi connectivity index (χ1v) is 11.7. The summed E-state index contributed by atoms with van der Waals surface area (Å²) in [5.41, 5.74) is 1.69. The Balaban J connectivity index is 1.61. The molecular weight excluding hydrogens is 348 g/mol. The summed E-state index contributed by atoms with van der Waals surface area (Å²) in [4.78, 5) is 24.7. The van der Waals surface area contributed by atoms with E-state index in [9.17, 15) is 9.59 Å². The van der Waals surface area contributed by atoms with Gasteiger partial charge in [0.25, 0.3) is 0 Å². The maximum atomic E-state index is 13.7. The molecule has 0 saturated heterocycles. The highest BCUT2D eigenvalue weighted by molar-refractivity contribution is 5.99. The molecule has 0 heterocycles. The molecule has 4 rings (SSSR count). The Bertz CT molecular complexity index is 679. The molecule has 28 heavy (non-hydrogen) atoms. The normalized spacial score (nSPS) is 46.8. The van der Waals surface area contributed by atoms with E-state index in [0.29, 0.717) is 34.9 Å². The molecule has 0 amide bonds. The van der Waals surface area contributed by atoms with Crippen molar-refractivity contribution in [3.8, 4) is 0 Å². The average molecular weight is 387 g/mol. The summed E-state index contributed by atoms with van der Waals surface area (Å²) in [6, 6.07) is 0. The van der Waals surface area contributed by atoms with Gasteiger partial charge in [0.2, 0.25) is 0 Å². The fraction of sp³-hybridized carbons (Fsp3) is 0.840. The number of carbonyl (C=O) groups is 2. The van der Waals surface area contributed by atoms with Crippen molar-refractivity contribution in [2.75, 3.05) is 0 Å². The molecule has 1 N–H and O–H groups in total. The van der Waals surface area contributed by atoms with E-state index >= 15 is 0 Å². The van der Waals surface area contributed by atoms with Crippen LogP contribution < -0.4 is 0 Å². The van der Waals surface area contributed by atoms with Gasteiger partial charge in [0.1, 0.15) is 0 Å². The summed E-state index contributed by atoms with van der Waals surface area (Å²) < 4.78 is 0. The van der Waals surface area contributed by atoms with E-state index in [4.69, 9.17) is 5.11 Å². The Morgan fingerprint density at radius 1 is 1.07 bits per heavy atom. The number of carboxylic acid groups (broad SMARTS) is 1. The third kappa shape index (κ3) is 2.91. The maximum absolute atomic E-state index is 13.7. The SMILES string of the molecule is C/C=C1\C(=O)C2C3CCC(CCCC(=O)O)C3(C)CCC2C2(C)CCCCC12. The van der Waals surface area contributed by atoms with Crippen LogP contribution in [0.25, 0.3) is 0 Å². The van der Waals surface area contributed by atoms with Crippen LogP contribution in [-0.2, 0) is 9.59 Å². The number of carbonyl (C=O) groups excluding carboxylic acids is 1. The molecule has 0 aromatic rings. The number of aliphatic carboxylic acids is 1. The van der Waals surface area contributed by atoms with Gasteiger partial charge in [-0.1, -0.05) is 32.8 Å². The van der Waals surface area contributed by atoms with Gasteiger partial charge in [0.15, 0.2) is 5.78 Å². The predicted octanol–water partition coefficient (Wildman–Crippen LogP) is 6.03. The molecule has 4 aliphatic rings. The largest absolute Gasteiger partial charge is 0.481 e. The highest BCUT2D eigenvalue weighted by Crippen LogP contribution is 2.67. The zero-order chi connectivity index (χ0) is 20.1. The zero-order valence-electron chi connectivity index (χ0n) is 18.0. The van der Waals surface area contributed by atoms with Crippen LogP contribution in [0.4, 0.5) is 0 Å². The van der Waals surface area contributed by atoms with Crippen molar-refractivity contribution in [1.82, 2.24) is 0 Å². The number of allylic oxidation sites excluding steroid dienone is 2. The van der Waals surface area contributed by atoms with Crippen molar-refractivity contribution in [3.05, 3.63) is 11.6 Å². The number of rotatable bonds is 4. The minimum atomic E-state index is -0.681. The molecular formula is C25H38O3. The average Bonchev–Trinajstić information content (AvgIpc) is 2.99. The van der Waals surface area contributed by atoms with Crippen molar-refractivity contribution >= 4 is 11.8 Å². The van der Waals surface area contributed by atoms with Gasteiger partial charge < -0.3 is 5.11 Å². The molecule has 0 aromatic carbocycles. The van der Waals surface area contributed by atoms with E-state index in [2.05, 4.69) is 26.8 Å². The Kier molecular flexibility index (Phi) is 5.25. The second-order valence-corrected chi connectivity index (χ2v) is 10.8. The Hall–Kier alpha value is -1.12. The van der Waals surface area contributed by atoms with E-state index in [1.807, 2.05) is 0 Å². The third-order valence-electron chi connectivity index (χ3n) is 9.79. The van der Waals surface area contributed by atoms with Gasteiger partial charge in [-0.05, 0) is 98.4 Å². The summed E-state index contributed by atoms with van der Waals surface area (Å²) in [6.07, 6.45) is 14.1. The molecule has 3 heteroatoms. The van der Waals surface area contributed by atoms with Gasteiger partial charge in [0.05, 0.1) is 0 Å². The van der Waals surface area contributed by atoms with Crippen LogP contribution in [-0.4, -0.2) is 16.9 Å². The van der Waals surface area contributed by atoms with Gasteiger partial charge in [-0.2, -0.15) is 0 Å². The maximum Gasteiger partial charge on any atom is 0.303 e. The zero-order valence-corrected chi connectivity index (χ0v) is 18.0. The molecule has 0 radical (unpaired) electrons. The number of Topliss-reactive ketones (excluding diaryl/α,β-unsaturated/α-hetero) is 1. The van der Waals surface area contributed by atoms with Gasteiger partial charge in [0, 0.05) is 12.3 Å². The molecule has 7 atom stereocenters. The number of ketones is 1. The monoisotopic (exact) mass is 386 g/mol. The lowest BCUT2D eigenvalue weighted by Crippen LogP contribution is -2.57. The smallest absolute Gasteiger partial charge is 0.303 e. The summed E-state index contributed by atoms with van der Waals surface area (Å²) in [5.74, 6) is 2.16. The molecule has 0 aromatic heterocycles. The van der Waals surface area contributed by atoms with Crippen LogP contribution in [0.2, 0.25) is 0 Å². The van der Waals surface area contributed by atoms with Crippen LogP contribution in [0.5, 0.6) is 0 Å². The number of hydrogen-bond acceptors (Lipinski definition) is 2. The van der Waals surface area contributed by atoms with Gasteiger partial charge in [-0.3, -0.25) is 9.59 Å². The van der Waals surface area contributed by atoms with Crippen LogP contribution >= 0.6 is 0 Å². The van der Waals surface area contributed by atoms with Crippen LogP contribution in [0, 0.1) is 40.4 Å².